The van der Waals surface area contributed by atoms with E-state index in [2.05, 4.69) is 15.0 Å². The van der Waals surface area contributed by atoms with Crippen LogP contribution in [0.3, 0.4) is 0 Å². The molecular formula is C32H26ClN5O7. The molecule has 1 aliphatic rings. The van der Waals surface area contributed by atoms with Gasteiger partial charge in [-0.2, -0.15) is 9.97 Å². The number of nitrogens with two attached hydrogens (primary N) is 1. The molecule has 3 heterocycles. The fourth-order valence-electron chi connectivity index (χ4n) is 5.13. The van der Waals surface area contributed by atoms with Gasteiger partial charge in [0.05, 0.1) is 23.0 Å². The number of hydrogen-bond acceptors (Lipinski definition) is 11. The molecule has 0 bridgehead atoms. The Kier molecular flexibility index (Phi) is 8.16. The molecule has 45 heavy (non-hydrogen) atoms. The van der Waals surface area contributed by atoms with Crippen LogP contribution < -0.4 is 5.73 Å². The number of carbonyl (C=O) groups is 3. The van der Waals surface area contributed by atoms with Crippen molar-refractivity contribution in [3.05, 3.63) is 119 Å². The molecule has 0 unspecified atom stereocenters. The zero-order valence-electron chi connectivity index (χ0n) is 23.8. The van der Waals surface area contributed by atoms with Crippen molar-refractivity contribution in [3.63, 3.8) is 0 Å². The monoisotopic (exact) mass is 627 g/mol. The summed E-state index contributed by atoms with van der Waals surface area (Å²) in [4.78, 5) is 52.5. The van der Waals surface area contributed by atoms with Crippen LogP contribution in [0.2, 0.25) is 5.15 Å². The minimum absolute atomic E-state index is 0.00220. The van der Waals surface area contributed by atoms with Crippen LogP contribution in [-0.4, -0.2) is 61.8 Å². The Hall–Kier alpha value is -5.33. The maximum Gasteiger partial charge on any atom is 0.338 e. The van der Waals surface area contributed by atoms with E-state index < -0.39 is 41.9 Å². The molecule has 0 spiro atoms. The molecule has 4 atom stereocenters. The number of imidazole rings is 1. The van der Waals surface area contributed by atoms with Gasteiger partial charge in [-0.1, -0.05) is 66.2 Å². The molecule has 2 aromatic heterocycles. The zero-order valence-corrected chi connectivity index (χ0v) is 24.5. The Labute approximate surface area is 261 Å². The summed E-state index contributed by atoms with van der Waals surface area (Å²) in [7, 11) is 0. The molecule has 2 N–H and O–H groups in total. The summed E-state index contributed by atoms with van der Waals surface area (Å²) in [6.07, 6.45) is -2.25. The van der Waals surface area contributed by atoms with E-state index in [9.17, 15) is 14.4 Å². The van der Waals surface area contributed by atoms with E-state index in [0.29, 0.717) is 5.56 Å². The number of ether oxygens (including phenoxy) is 4. The maximum atomic E-state index is 13.6. The van der Waals surface area contributed by atoms with E-state index in [1.54, 1.807) is 97.9 Å². The fraction of sp³-hybridized carbons (Fsp3) is 0.188. The lowest BCUT2D eigenvalue weighted by atomic mass is 9.95. The predicted octanol–water partition coefficient (Wildman–Crippen LogP) is 4.66. The number of rotatable bonds is 8. The summed E-state index contributed by atoms with van der Waals surface area (Å²) in [6.45, 7) is 1.19. The van der Waals surface area contributed by atoms with Gasteiger partial charge in [0.2, 0.25) is 5.95 Å². The van der Waals surface area contributed by atoms with Crippen molar-refractivity contribution in [2.75, 3.05) is 12.3 Å². The molecule has 0 saturated carbocycles. The highest BCUT2D eigenvalue weighted by atomic mass is 35.5. The van der Waals surface area contributed by atoms with E-state index in [-0.39, 0.29) is 40.0 Å². The van der Waals surface area contributed by atoms with Crippen molar-refractivity contribution in [2.24, 2.45) is 0 Å². The summed E-state index contributed by atoms with van der Waals surface area (Å²) >= 11 is 6.29. The van der Waals surface area contributed by atoms with Gasteiger partial charge >= 0.3 is 17.9 Å². The third-order valence-electron chi connectivity index (χ3n) is 7.30. The van der Waals surface area contributed by atoms with Crippen LogP contribution in [0.5, 0.6) is 0 Å². The van der Waals surface area contributed by atoms with Crippen LogP contribution in [0.1, 0.15) is 44.2 Å². The second-order valence-electron chi connectivity index (χ2n) is 10.3. The van der Waals surface area contributed by atoms with E-state index in [1.807, 2.05) is 0 Å². The molecule has 6 rings (SSSR count). The van der Waals surface area contributed by atoms with Crippen LogP contribution in [0.15, 0.2) is 97.3 Å². The number of nitrogen functional groups attached to an aromatic ring is 1. The topological polar surface area (TPSA) is 158 Å². The highest BCUT2D eigenvalue weighted by Gasteiger charge is 2.60. The van der Waals surface area contributed by atoms with E-state index in [4.69, 9.17) is 36.3 Å². The second-order valence-corrected chi connectivity index (χ2v) is 10.7. The van der Waals surface area contributed by atoms with Gasteiger partial charge < -0.3 is 24.7 Å². The normalized spacial score (nSPS) is 20.9. The van der Waals surface area contributed by atoms with Crippen molar-refractivity contribution in [1.82, 2.24) is 19.5 Å². The molecule has 0 amide bonds. The number of fused-ring (bicyclic) bond motifs is 1. The van der Waals surface area contributed by atoms with Crippen LogP contribution in [0, 0.1) is 0 Å². The Morgan fingerprint density at radius 3 is 2.02 bits per heavy atom. The molecule has 3 aromatic carbocycles. The average molecular weight is 628 g/mol. The summed E-state index contributed by atoms with van der Waals surface area (Å²) in [5.41, 5.74) is 5.35. The van der Waals surface area contributed by atoms with Gasteiger partial charge in [0.15, 0.2) is 28.7 Å². The maximum absolute atomic E-state index is 13.6. The van der Waals surface area contributed by atoms with Crippen LogP contribution >= 0.6 is 11.6 Å². The summed E-state index contributed by atoms with van der Waals surface area (Å²) in [5, 5.41) is -0.00220. The van der Waals surface area contributed by atoms with Crippen LogP contribution in [-0.2, 0) is 18.9 Å². The Balaban J connectivity index is 1.43. The van der Waals surface area contributed by atoms with Crippen molar-refractivity contribution < 1.29 is 33.3 Å². The predicted molar refractivity (Wildman–Crippen MR) is 161 cm³/mol. The molecule has 1 fully saturated rings. The highest BCUT2D eigenvalue weighted by molar-refractivity contribution is 6.33. The summed E-state index contributed by atoms with van der Waals surface area (Å²) in [5.74, 6) is -2.18. The number of aromatic nitrogens is 4. The number of hydrogen-bond donors (Lipinski definition) is 1. The van der Waals surface area contributed by atoms with Gasteiger partial charge in [-0.15, -0.1) is 0 Å². The molecule has 5 aromatic rings. The Morgan fingerprint density at radius 1 is 0.867 bits per heavy atom. The van der Waals surface area contributed by atoms with E-state index >= 15 is 0 Å². The molecule has 0 radical (unpaired) electrons. The average Bonchev–Trinajstić information content (AvgIpc) is 3.59. The summed E-state index contributed by atoms with van der Waals surface area (Å²) < 4.78 is 25.7. The van der Waals surface area contributed by atoms with Gasteiger partial charge in [-0.3, -0.25) is 4.57 Å². The van der Waals surface area contributed by atoms with E-state index in [1.165, 1.54) is 10.9 Å². The van der Waals surface area contributed by atoms with Crippen molar-refractivity contribution in [2.45, 2.75) is 31.0 Å². The first-order valence-electron chi connectivity index (χ1n) is 13.8. The van der Waals surface area contributed by atoms with Gasteiger partial charge in [-0.05, 0) is 43.3 Å². The lowest BCUT2D eigenvalue weighted by Crippen LogP contribution is -2.50. The van der Waals surface area contributed by atoms with Crippen molar-refractivity contribution >= 4 is 46.6 Å². The third-order valence-corrected chi connectivity index (χ3v) is 7.56. The quantitative estimate of drug-likeness (QED) is 0.145. The highest BCUT2D eigenvalue weighted by Crippen LogP contribution is 2.45. The van der Waals surface area contributed by atoms with Gasteiger partial charge in [-0.25, -0.2) is 19.4 Å². The molecule has 13 heteroatoms. The minimum Gasteiger partial charge on any atom is -0.459 e. The molecule has 1 saturated heterocycles. The third kappa shape index (κ3) is 5.93. The summed E-state index contributed by atoms with van der Waals surface area (Å²) in [6, 6.07) is 25.0. The standard InChI is InChI=1S/C32H26ClN5O7/c1-32(45-29(41)21-15-9-4-10-16-21)24(44-28(40)20-13-7-3-8-14-20)22(17-42-27(39)19-11-5-2-6-12-19)43-30(32)38-18-35-23-25(33)36-31(34)37-26(23)38/h2-16,18,22,24,30H,17H2,1H3,(H2,34,36,37)/t22-,24-,30-,32+/m1/s1. The SMILES string of the molecule is C[C@]1(OC(=O)c2ccccc2)[C@H](OC(=O)c2ccccc2)[C@@H](COC(=O)c2ccccc2)O[C@H]1n1cnc2c(Cl)nc(N)nc21. The molecule has 12 nitrogen and oxygen atoms in total. The lowest BCUT2D eigenvalue weighted by molar-refractivity contribution is -0.108. The smallest absolute Gasteiger partial charge is 0.338 e. The van der Waals surface area contributed by atoms with Crippen LogP contribution in [0.25, 0.3) is 11.2 Å². The molecule has 0 aliphatic carbocycles. The van der Waals surface area contributed by atoms with Crippen LogP contribution in [0.4, 0.5) is 5.95 Å². The first-order chi connectivity index (χ1) is 21.7. The minimum atomic E-state index is -1.74. The number of carbonyl (C=O) groups excluding carboxylic acids is 3. The fourth-order valence-corrected chi connectivity index (χ4v) is 5.35. The van der Waals surface area contributed by atoms with Gasteiger partial charge in [0, 0.05) is 0 Å². The molecule has 228 valence electrons. The largest absolute Gasteiger partial charge is 0.459 e. The zero-order chi connectivity index (χ0) is 31.6. The number of esters is 3. The Morgan fingerprint density at radius 2 is 1.42 bits per heavy atom. The number of halogens is 1. The lowest BCUT2D eigenvalue weighted by Gasteiger charge is -2.34. The van der Waals surface area contributed by atoms with Crippen molar-refractivity contribution in [1.29, 1.82) is 0 Å². The first-order valence-corrected chi connectivity index (χ1v) is 14.2. The Bertz CT molecular complexity index is 1860. The van der Waals surface area contributed by atoms with E-state index in [0.717, 1.165) is 0 Å². The number of benzene rings is 3. The number of nitrogens with zero attached hydrogens (tertiary/aromatic N) is 4. The van der Waals surface area contributed by atoms with Gasteiger partial charge in [0.25, 0.3) is 0 Å². The first kappa shape index (κ1) is 29.7. The molecular weight excluding hydrogens is 602 g/mol. The molecule has 1 aliphatic heterocycles. The van der Waals surface area contributed by atoms with Crippen molar-refractivity contribution in [3.8, 4) is 0 Å². The second kappa shape index (κ2) is 12.3. The number of anilines is 1. The van der Waals surface area contributed by atoms with Gasteiger partial charge in [0.1, 0.15) is 18.2 Å².